The molecule has 0 aliphatic heterocycles. The smallest absolute Gasteiger partial charge is 0.232 e. The molecule has 0 amide bonds. The van der Waals surface area contributed by atoms with Gasteiger partial charge in [0.15, 0.2) is 0 Å². The van der Waals surface area contributed by atoms with Crippen LogP contribution in [0.15, 0.2) is 18.2 Å². The van der Waals surface area contributed by atoms with Crippen LogP contribution in [0.5, 0.6) is 0 Å². The predicted molar refractivity (Wildman–Crippen MR) is 68.5 cm³/mol. The lowest BCUT2D eigenvalue weighted by Crippen LogP contribution is -2.26. The number of sulfonamides is 1. The minimum Gasteiger partial charge on any atom is -0.273 e. The van der Waals surface area contributed by atoms with Crippen molar-refractivity contribution in [3.8, 4) is 6.07 Å². The van der Waals surface area contributed by atoms with Gasteiger partial charge in [0.25, 0.3) is 0 Å². The van der Waals surface area contributed by atoms with E-state index in [1.54, 1.807) is 18.2 Å². The summed E-state index contributed by atoms with van der Waals surface area (Å²) in [5.74, 6) is 0.196. The van der Waals surface area contributed by atoms with E-state index < -0.39 is 10.0 Å². The van der Waals surface area contributed by atoms with E-state index in [4.69, 9.17) is 5.26 Å². The minimum absolute atomic E-state index is 0.196. The summed E-state index contributed by atoms with van der Waals surface area (Å²) >= 11 is 0. The highest BCUT2D eigenvalue weighted by Crippen LogP contribution is 2.29. The minimum atomic E-state index is -3.31. The largest absolute Gasteiger partial charge is 0.273 e. The van der Waals surface area contributed by atoms with Crippen molar-refractivity contribution in [3.05, 3.63) is 29.3 Å². The second kappa shape index (κ2) is 4.76. The van der Waals surface area contributed by atoms with Gasteiger partial charge in [0.05, 0.1) is 23.6 Å². The quantitative estimate of drug-likeness (QED) is 0.827. The fraction of sp³-hybridized carbons (Fsp3) is 0.417. The molecule has 0 N–H and O–H groups in total. The summed E-state index contributed by atoms with van der Waals surface area (Å²) in [6.45, 7) is 3.97. The summed E-state index contributed by atoms with van der Waals surface area (Å²) in [7, 11) is -1.82. The Morgan fingerprint density at radius 1 is 1.35 bits per heavy atom. The van der Waals surface area contributed by atoms with Crippen LogP contribution in [-0.2, 0) is 10.0 Å². The molecule has 0 aliphatic rings. The van der Waals surface area contributed by atoms with E-state index in [2.05, 4.69) is 0 Å². The zero-order valence-corrected chi connectivity index (χ0v) is 11.2. The third-order valence-electron chi connectivity index (χ3n) is 2.62. The van der Waals surface area contributed by atoms with Crippen LogP contribution in [0.25, 0.3) is 0 Å². The number of nitriles is 1. The van der Waals surface area contributed by atoms with Gasteiger partial charge in [-0.2, -0.15) is 5.26 Å². The van der Waals surface area contributed by atoms with Gasteiger partial charge >= 0.3 is 0 Å². The third kappa shape index (κ3) is 2.98. The standard InChI is InChI=1S/C12H16N2O2S/c1-9(2)11-6-5-10(8-13)7-12(11)14(3)17(4,15)16/h5-7,9H,1-4H3. The summed E-state index contributed by atoms with van der Waals surface area (Å²) < 4.78 is 24.3. The number of rotatable bonds is 3. The average Bonchev–Trinajstić information content (AvgIpc) is 2.25. The van der Waals surface area contributed by atoms with Gasteiger partial charge in [0.1, 0.15) is 0 Å². The van der Waals surface area contributed by atoms with Crippen molar-refractivity contribution in [1.82, 2.24) is 0 Å². The Morgan fingerprint density at radius 2 is 1.94 bits per heavy atom. The molecular formula is C12H16N2O2S. The Labute approximate surface area is 103 Å². The SMILES string of the molecule is CC(C)c1ccc(C#N)cc1N(C)S(C)(=O)=O. The maximum atomic E-state index is 11.5. The van der Waals surface area contributed by atoms with E-state index in [0.717, 1.165) is 11.8 Å². The number of nitrogens with zero attached hydrogens (tertiary/aromatic N) is 2. The molecule has 0 fully saturated rings. The predicted octanol–water partition coefficient (Wildman–Crippen LogP) is 2.08. The Hall–Kier alpha value is -1.54. The first-order valence-electron chi connectivity index (χ1n) is 5.25. The van der Waals surface area contributed by atoms with Crippen LogP contribution < -0.4 is 4.31 Å². The molecule has 0 unspecified atom stereocenters. The summed E-state index contributed by atoms with van der Waals surface area (Å²) in [6.07, 6.45) is 1.15. The highest BCUT2D eigenvalue weighted by molar-refractivity contribution is 7.92. The van der Waals surface area contributed by atoms with Crippen molar-refractivity contribution < 1.29 is 8.42 Å². The van der Waals surface area contributed by atoms with Crippen LogP contribution >= 0.6 is 0 Å². The van der Waals surface area contributed by atoms with Crippen LogP contribution in [-0.4, -0.2) is 21.7 Å². The molecule has 92 valence electrons. The van der Waals surface area contributed by atoms with Gasteiger partial charge in [0.2, 0.25) is 10.0 Å². The Balaban J connectivity index is 3.43. The fourth-order valence-electron chi connectivity index (χ4n) is 1.55. The van der Waals surface area contributed by atoms with Crippen LogP contribution in [0.2, 0.25) is 0 Å². The van der Waals surface area contributed by atoms with Gasteiger partial charge in [0, 0.05) is 7.05 Å². The maximum Gasteiger partial charge on any atom is 0.232 e. The molecule has 5 heteroatoms. The molecule has 4 nitrogen and oxygen atoms in total. The van der Waals surface area contributed by atoms with Crippen molar-refractivity contribution in [2.24, 2.45) is 0 Å². The molecule has 0 saturated carbocycles. The first-order chi connectivity index (χ1) is 7.77. The molecule has 0 aromatic heterocycles. The molecule has 17 heavy (non-hydrogen) atoms. The molecule has 0 atom stereocenters. The van der Waals surface area contributed by atoms with Crippen LogP contribution in [0, 0.1) is 11.3 Å². The van der Waals surface area contributed by atoms with Gasteiger partial charge in [-0.15, -0.1) is 0 Å². The molecule has 0 heterocycles. The van der Waals surface area contributed by atoms with E-state index in [0.29, 0.717) is 11.3 Å². The molecule has 0 bridgehead atoms. The summed E-state index contributed by atoms with van der Waals surface area (Å²) in [5.41, 5.74) is 1.94. The topological polar surface area (TPSA) is 61.2 Å². The second-order valence-corrected chi connectivity index (χ2v) is 6.28. The van der Waals surface area contributed by atoms with Gasteiger partial charge < -0.3 is 0 Å². The number of anilines is 1. The maximum absolute atomic E-state index is 11.5. The van der Waals surface area contributed by atoms with Crippen molar-refractivity contribution in [2.75, 3.05) is 17.6 Å². The normalized spacial score (nSPS) is 11.3. The molecule has 1 aromatic carbocycles. The molecule has 1 rings (SSSR count). The van der Waals surface area contributed by atoms with Gasteiger partial charge in [-0.25, -0.2) is 8.42 Å². The van der Waals surface area contributed by atoms with E-state index in [1.165, 1.54) is 11.4 Å². The second-order valence-electron chi connectivity index (χ2n) is 4.27. The molecule has 0 aliphatic carbocycles. The Morgan fingerprint density at radius 3 is 2.35 bits per heavy atom. The first kappa shape index (κ1) is 13.5. The lowest BCUT2D eigenvalue weighted by Gasteiger charge is -2.22. The highest BCUT2D eigenvalue weighted by Gasteiger charge is 2.17. The molecule has 0 saturated heterocycles. The third-order valence-corrected chi connectivity index (χ3v) is 3.81. The Kier molecular flexibility index (Phi) is 3.79. The van der Waals surface area contributed by atoms with Crippen molar-refractivity contribution in [1.29, 1.82) is 5.26 Å². The van der Waals surface area contributed by atoms with E-state index in [9.17, 15) is 8.42 Å². The zero-order valence-electron chi connectivity index (χ0n) is 10.4. The van der Waals surface area contributed by atoms with E-state index >= 15 is 0 Å². The van der Waals surface area contributed by atoms with E-state index in [1.807, 2.05) is 19.9 Å². The molecule has 1 aromatic rings. The lowest BCUT2D eigenvalue weighted by atomic mass is 9.99. The van der Waals surface area contributed by atoms with Crippen LogP contribution in [0.3, 0.4) is 0 Å². The monoisotopic (exact) mass is 252 g/mol. The van der Waals surface area contributed by atoms with Crippen molar-refractivity contribution in [3.63, 3.8) is 0 Å². The first-order valence-corrected chi connectivity index (χ1v) is 7.10. The van der Waals surface area contributed by atoms with Crippen LogP contribution in [0.1, 0.15) is 30.9 Å². The molecule has 0 spiro atoms. The zero-order chi connectivity index (χ0) is 13.2. The fourth-order valence-corrected chi connectivity index (χ4v) is 2.07. The van der Waals surface area contributed by atoms with Gasteiger partial charge in [-0.3, -0.25) is 4.31 Å². The van der Waals surface area contributed by atoms with Crippen molar-refractivity contribution >= 4 is 15.7 Å². The summed E-state index contributed by atoms with van der Waals surface area (Å²) in [6, 6.07) is 7.13. The van der Waals surface area contributed by atoms with Gasteiger partial charge in [-0.1, -0.05) is 19.9 Å². The summed E-state index contributed by atoms with van der Waals surface area (Å²) in [4.78, 5) is 0. The summed E-state index contributed by atoms with van der Waals surface area (Å²) in [5, 5.41) is 8.86. The van der Waals surface area contributed by atoms with Gasteiger partial charge in [-0.05, 0) is 23.6 Å². The van der Waals surface area contributed by atoms with Crippen LogP contribution in [0.4, 0.5) is 5.69 Å². The number of hydrogen-bond donors (Lipinski definition) is 0. The number of hydrogen-bond acceptors (Lipinski definition) is 3. The lowest BCUT2D eigenvalue weighted by molar-refractivity contribution is 0.600. The Bertz CT molecular complexity index is 556. The molecular weight excluding hydrogens is 236 g/mol. The number of benzene rings is 1. The van der Waals surface area contributed by atoms with Crippen molar-refractivity contribution in [2.45, 2.75) is 19.8 Å². The highest BCUT2D eigenvalue weighted by atomic mass is 32.2. The molecule has 0 radical (unpaired) electrons. The van der Waals surface area contributed by atoms with E-state index in [-0.39, 0.29) is 5.92 Å². The average molecular weight is 252 g/mol.